The van der Waals surface area contributed by atoms with Crippen molar-refractivity contribution in [3.8, 4) is 0 Å². The van der Waals surface area contributed by atoms with Gasteiger partial charge in [-0.05, 0) is 35.2 Å². The Labute approximate surface area is 87.6 Å². The fourth-order valence-electron chi connectivity index (χ4n) is 2.32. The first kappa shape index (κ1) is 9.71. The molecule has 0 saturated heterocycles. The van der Waals surface area contributed by atoms with Gasteiger partial charge in [0.15, 0.2) is 0 Å². The summed E-state index contributed by atoms with van der Waals surface area (Å²) < 4.78 is 0. The van der Waals surface area contributed by atoms with Crippen molar-refractivity contribution < 1.29 is 9.90 Å². The number of hydrogen-bond acceptors (Lipinski definition) is 2. The van der Waals surface area contributed by atoms with Crippen molar-refractivity contribution in [1.82, 2.24) is 0 Å². The van der Waals surface area contributed by atoms with Crippen LogP contribution in [0.5, 0.6) is 0 Å². The average Bonchev–Trinajstić information content (AvgIpc) is 2.72. The number of rotatable bonds is 2. The molecule has 0 unspecified atom stereocenters. The highest BCUT2D eigenvalue weighted by Gasteiger charge is 2.41. The van der Waals surface area contributed by atoms with Gasteiger partial charge in [0.1, 0.15) is 0 Å². The Morgan fingerprint density at radius 3 is 2.57 bits per heavy atom. The fourth-order valence-corrected chi connectivity index (χ4v) is 3.07. The van der Waals surface area contributed by atoms with Crippen LogP contribution in [0.1, 0.15) is 37.7 Å². The van der Waals surface area contributed by atoms with Gasteiger partial charge in [-0.2, -0.15) is 11.3 Å². The van der Waals surface area contributed by atoms with E-state index in [1.807, 2.05) is 16.8 Å². The topological polar surface area (TPSA) is 37.3 Å². The van der Waals surface area contributed by atoms with Crippen molar-refractivity contribution in [3.63, 3.8) is 0 Å². The van der Waals surface area contributed by atoms with E-state index in [2.05, 4.69) is 0 Å². The molecular formula is C11H14O2S. The molecule has 3 heteroatoms. The summed E-state index contributed by atoms with van der Waals surface area (Å²) in [7, 11) is 0. The van der Waals surface area contributed by atoms with Gasteiger partial charge in [0, 0.05) is 0 Å². The smallest absolute Gasteiger partial charge is 0.314 e. The van der Waals surface area contributed by atoms with Crippen LogP contribution in [-0.4, -0.2) is 11.1 Å². The number of thiophene rings is 1. The summed E-state index contributed by atoms with van der Waals surface area (Å²) in [5.41, 5.74) is 0.438. The molecule has 1 fully saturated rings. The van der Waals surface area contributed by atoms with Crippen LogP contribution >= 0.6 is 11.3 Å². The van der Waals surface area contributed by atoms with Crippen LogP contribution in [0.15, 0.2) is 16.8 Å². The summed E-state index contributed by atoms with van der Waals surface area (Å²) >= 11 is 1.59. The van der Waals surface area contributed by atoms with Crippen LogP contribution in [-0.2, 0) is 10.2 Å². The van der Waals surface area contributed by atoms with Crippen molar-refractivity contribution in [3.05, 3.63) is 22.4 Å². The summed E-state index contributed by atoms with van der Waals surface area (Å²) in [6.45, 7) is 0. The Morgan fingerprint density at radius 2 is 2.07 bits per heavy atom. The first-order valence-corrected chi connectivity index (χ1v) is 5.96. The highest BCUT2D eigenvalue weighted by atomic mass is 32.1. The Hall–Kier alpha value is -0.830. The maximum Gasteiger partial charge on any atom is 0.314 e. The van der Waals surface area contributed by atoms with Crippen molar-refractivity contribution in [2.75, 3.05) is 0 Å². The van der Waals surface area contributed by atoms with E-state index in [-0.39, 0.29) is 0 Å². The van der Waals surface area contributed by atoms with E-state index in [1.165, 1.54) is 6.42 Å². The third-order valence-electron chi connectivity index (χ3n) is 3.19. The lowest BCUT2D eigenvalue weighted by molar-refractivity contribution is -0.145. The van der Waals surface area contributed by atoms with Crippen LogP contribution in [0.25, 0.3) is 0 Å². The van der Waals surface area contributed by atoms with Gasteiger partial charge in [0.2, 0.25) is 0 Å². The van der Waals surface area contributed by atoms with Crippen LogP contribution in [0.4, 0.5) is 0 Å². The van der Waals surface area contributed by atoms with Gasteiger partial charge in [0.25, 0.3) is 0 Å². The zero-order valence-electron chi connectivity index (χ0n) is 8.03. The lowest BCUT2D eigenvalue weighted by atomic mass is 9.70. The SMILES string of the molecule is O=C(O)C1(c2ccsc2)CCCCC1. The molecule has 76 valence electrons. The lowest BCUT2D eigenvalue weighted by Gasteiger charge is -2.32. The number of carboxylic acid groups (broad SMARTS) is 1. The quantitative estimate of drug-likeness (QED) is 0.814. The minimum atomic E-state index is -0.643. The lowest BCUT2D eigenvalue weighted by Crippen LogP contribution is -2.37. The molecule has 0 radical (unpaired) electrons. The molecule has 0 aromatic carbocycles. The second-order valence-corrected chi connectivity index (χ2v) is 4.74. The van der Waals surface area contributed by atoms with E-state index in [0.717, 1.165) is 31.2 Å². The number of carboxylic acids is 1. The van der Waals surface area contributed by atoms with Crippen molar-refractivity contribution in [2.24, 2.45) is 0 Å². The van der Waals surface area contributed by atoms with Crippen molar-refractivity contribution in [1.29, 1.82) is 0 Å². The monoisotopic (exact) mass is 210 g/mol. The van der Waals surface area contributed by atoms with E-state index in [1.54, 1.807) is 11.3 Å². The molecule has 2 nitrogen and oxygen atoms in total. The molecule has 2 rings (SSSR count). The van der Waals surface area contributed by atoms with Crippen LogP contribution in [0.3, 0.4) is 0 Å². The highest BCUT2D eigenvalue weighted by molar-refractivity contribution is 7.08. The Morgan fingerprint density at radius 1 is 1.36 bits per heavy atom. The fraction of sp³-hybridized carbons (Fsp3) is 0.545. The van der Waals surface area contributed by atoms with Gasteiger partial charge < -0.3 is 5.11 Å². The molecule has 0 aliphatic heterocycles. The van der Waals surface area contributed by atoms with E-state index < -0.39 is 11.4 Å². The molecule has 1 aliphatic carbocycles. The molecule has 0 bridgehead atoms. The van der Waals surface area contributed by atoms with Gasteiger partial charge in [0.05, 0.1) is 5.41 Å². The molecular weight excluding hydrogens is 196 g/mol. The second-order valence-electron chi connectivity index (χ2n) is 3.96. The van der Waals surface area contributed by atoms with E-state index in [9.17, 15) is 9.90 Å². The highest BCUT2D eigenvalue weighted by Crippen LogP contribution is 2.40. The first-order chi connectivity index (χ1) is 6.76. The second kappa shape index (κ2) is 3.73. The normalized spacial score (nSPS) is 20.6. The van der Waals surface area contributed by atoms with Crippen LogP contribution < -0.4 is 0 Å². The van der Waals surface area contributed by atoms with E-state index in [4.69, 9.17) is 0 Å². The maximum absolute atomic E-state index is 11.4. The van der Waals surface area contributed by atoms with E-state index >= 15 is 0 Å². The summed E-state index contributed by atoms with van der Waals surface area (Å²) in [5, 5.41) is 13.3. The minimum Gasteiger partial charge on any atom is -0.481 e. The zero-order valence-corrected chi connectivity index (χ0v) is 8.85. The van der Waals surface area contributed by atoms with Crippen molar-refractivity contribution in [2.45, 2.75) is 37.5 Å². The maximum atomic E-state index is 11.4. The summed E-state index contributed by atoms with van der Waals surface area (Å²) in [6, 6.07) is 1.96. The molecule has 1 heterocycles. The van der Waals surface area contributed by atoms with Crippen molar-refractivity contribution >= 4 is 17.3 Å². The standard InChI is InChI=1S/C11H14O2S/c12-10(13)11(5-2-1-3-6-11)9-4-7-14-8-9/h4,7-8H,1-3,5-6H2,(H,12,13). The number of aliphatic carboxylic acids is 1. The predicted molar refractivity (Wildman–Crippen MR) is 56.7 cm³/mol. The van der Waals surface area contributed by atoms with Gasteiger partial charge in [-0.15, -0.1) is 0 Å². The zero-order chi connectivity index (χ0) is 10.0. The largest absolute Gasteiger partial charge is 0.481 e. The molecule has 1 aliphatic rings. The molecule has 1 aromatic rings. The molecule has 0 atom stereocenters. The molecule has 1 aromatic heterocycles. The molecule has 1 N–H and O–H groups in total. The summed E-state index contributed by atoms with van der Waals surface area (Å²) in [6.07, 6.45) is 4.88. The number of carbonyl (C=O) groups is 1. The predicted octanol–water partition coefficient (Wildman–Crippen LogP) is 3.03. The van der Waals surface area contributed by atoms with Gasteiger partial charge in [-0.25, -0.2) is 0 Å². The average molecular weight is 210 g/mol. The summed E-state index contributed by atoms with van der Waals surface area (Å²) in [5.74, 6) is -0.643. The number of hydrogen-bond donors (Lipinski definition) is 1. The Balaban J connectivity index is 2.35. The minimum absolute atomic E-state index is 0.571. The van der Waals surface area contributed by atoms with Crippen LogP contribution in [0.2, 0.25) is 0 Å². The third-order valence-corrected chi connectivity index (χ3v) is 3.87. The third kappa shape index (κ3) is 1.46. The van der Waals surface area contributed by atoms with Crippen LogP contribution in [0, 0.1) is 0 Å². The van der Waals surface area contributed by atoms with E-state index in [0.29, 0.717) is 0 Å². The Bertz CT molecular complexity index is 310. The van der Waals surface area contributed by atoms with Gasteiger partial charge in [-0.1, -0.05) is 19.3 Å². The molecule has 0 amide bonds. The Kier molecular flexibility index (Phi) is 2.59. The first-order valence-electron chi connectivity index (χ1n) is 5.02. The van der Waals surface area contributed by atoms with Gasteiger partial charge in [-0.3, -0.25) is 4.79 Å². The molecule has 0 spiro atoms. The molecule has 14 heavy (non-hydrogen) atoms. The van der Waals surface area contributed by atoms with Gasteiger partial charge >= 0.3 is 5.97 Å². The summed E-state index contributed by atoms with van der Waals surface area (Å²) in [4.78, 5) is 11.4. The molecule has 1 saturated carbocycles.